The van der Waals surface area contributed by atoms with Gasteiger partial charge in [0.05, 0.1) is 17.6 Å². The van der Waals surface area contributed by atoms with Crippen molar-refractivity contribution in [3.63, 3.8) is 0 Å². The third-order valence-electron chi connectivity index (χ3n) is 4.69. The molecule has 0 aliphatic carbocycles. The number of rotatable bonds is 8. The number of aromatic nitrogens is 2. The molecule has 0 aliphatic rings. The molecule has 4 aromatic rings. The van der Waals surface area contributed by atoms with Gasteiger partial charge < -0.3 is 19.4 Å². The fraction of sp³-hybridized carbons (Fsp3) is 0.167. The Labute approximate surface area is 175 Å². The van der Waals surface area contributed by atoms with Gasteiger partial charge in [-0.15, -0.1) is 0 Å². The zero-order chi connectivity index (χ0) is 20.8. The SMILES string of the molecule is Cn1c(-c2ccc(NC(=O)COCCOc3ccccc3)cc2)nc2ccccc21. The summed E-state index contributed by atoms with van der Waals surface area (Å²) in [5.74, 6) is 1.47. The summed E-state index contributed by atoms with van der Waals surface area (Å²) in [5, 5.41) is 2.84. The van der Waals surface area contributed by atoms with Crippen molar-refractivity contribution in [1.82, 2.24) is 9.55 Å². The Morgan fingerprint density at radius 1 is 0.933 bits per heavy atom. The second-order valence-electron chi connectivity index (χ2n) is 6.82. The number of aryl methyl sites for hydroxylation is 1. The number of carbonyl (C=O) groups excluding carboxylic acids is 1. The standard InChI is InChI=1S/C24H23N3O3/c1-27-22-10-6-5-9-21(22)26-24(27)18-11-13-19(14-12-18)25-23(28)17-29-15-16-30-20-7-3-2-4-8-20/h2-14H,15-17H2,1H3,(H,25,28). The maximum Gasteiger partial charge on any atom is 0.250 e. The van der Waals surface area contributed by atoms with Crippen molar-refractivity contribution in [2.45, 2.75) is 0 Å². The lowest BCUT2D eigenvalue weighted by molar-refractivity contribution is -0.120. The van der Waals surface area contributed by atoms with E-state index >= 15 is 0 Å². The molecule has 6 heteroatoms. The number of para-hydroxylation sites is 3. The summed E-state index contributed by atoms with van der Waals surface area (Å²) in [6.07, 6.45) is 0. The summed E-state index contributed by atoms with van der Waals surface area (Å²) < 4.78 is 13.0. The molecule has 0 fully saturated rings. The number of ether oxygens (including phenoxy) is 2. The summed E-state index contributed by atoms with van der Waals surface area (Å²) in [5.41, 5.74) is 3.74. The Bertz CT molecular complexity index is 1120. The molecule has 1 heterocycles. The van der Waals surface area contributed by atoms with E-state index in [1.165, 1.54) is 0 Å². The highest BCUT2D eigenvalue weighted by Gasteiger charge is 2.10. The van der Waals surface area contributed by atoms with Gasteiger partial charge in [-0.2, -0.15) is 0 Å². The fourth-order valence-electron chi connectivity index (χ4n) is 3.20. The Hall–Kier alpha value is -3.64. The van der Waals surface area contributed by atoms with Crippen molar-refractivity contribution < 1.29 is 14.3 Å². The van der Waals surface area contributed by atoms with E-state index < -0.39 is 0 Å². The maximum atomic E-state index is 12.1. The van der Waals surface area contributed by atoms with Gasteiger partial charge in [-0.3, -0.25) is 4.79 Å². The minimum atomic E-state index is -0.204. The van der Waals surface area contributed by atoms with Crippen molar-refractivity contribution in [3.8, 4) is 17.1 Å². The normalized spacial score (nSPS) is 10.8. The third-order valence-corrected chi connectivity index (χ3v) is 4.69. The van der Waals surface area contributed by atoms with Gasteiger partial charge in [0.1, 0.15) is 24.8 Å². The number of fused-ring (bicyclic) bond motifs is 1. The zero-order valence-electron chi connectivity index (χ0n) is 16.7. The first-order valence-electron chi connectivity index (χ1n) is 9.78. The van der Waals surface area contributed by atoms with E-state index in [1.807, 2.05) is 85.9 Å². The monoisotopic (exact) mass is 401 g/mol. The first-order chi connectivity index (χ1) is 14.7. The molecule has 4 rings (SSSR count). The Kier molecular flexibility index (Phi) is 6.06. The number of amides is 1. The van der Waals surface area contributed by atoms with E-state index in [2.05, 4.69) is 9.88 Å². The average Bonchev–Trinajstić information content (AvgIpc) is 3.11. The molecular weight excluding hydrogens is 378 g/mol. The maximum absolute atomic E-state index is 12.1. The quantitative estimate of drug-likeness (QED) is 0.448. The third kappa shape index (κ3) is 4.67. The van der Waals surface area contributed by atoms with Gasteiger partial charge in [0.15, 0.2) is 0 Å². The minimum absolute atomic E-state index is 0.0232. The first-order valence-corrected chi connectivity index (χ1v) is 9.78. The highest BCUT2D eigenvalue weighted by molar-refractivity contribution is 5.92. The molecular formula is C24H23N3O3. The van der Waals surface area contributed by atoms with Crippen LogP contribution in [0.1, 0.15) is 0 Å². The topological polar surface area (TPSA) is 65.4 Å². The Morgan fingerprint density at radius 2 is 1.67 bits per heavy atom. The summed E-state index contributed by atoms with van der Waals surface area (Å²) in [6.45, 7) is 0.711. The summed E-state index contributed by atoms with van der Waals surface area (Å²) in [7, 11) is 2.00. The number of hydrogen-bond acceptors (Lipinski definition) is 4. The van der Waals surface area contributed by atoms with Crippen LogP contribution < -0.4 is 10.1 Å². The molecule has 0 atom stereocenters. The van der Waals surface area contributed by atoms with E-state index in [4.69, 9.17) is 14.5 Å². The number of nitrogens with one attached hydrogen (secondary N) is 1. The smallest absolute Gasteiger partial charge is 0.250 e. The van der Waals surface area contributed by atoms with E-state index in [0.717, 1.165) is 28.2 Å². The molecule has 152 valence electrons. The lowest BCUT2D eigenvalue weighted by Crippen LogP contribution is -2.20. The highest BCUT2D eigenvalue weighted by Crippen LogP contribution is 2.24. The zero-order valence-corrected chi connectivity index (χ0v) is 16.7. The molecule has 30 heavy (non-hydrogen) atoms. The van der Waals surface area contributed by atoms with E-state index in [1.54, 1.807) is 0 Å². The summed E-state index contributed by atoms with van der Waals surface area (Å²) in [4.78, 5) is 16.8. The number of carbonyl (C=O) groups is 1. The lowest BCUT2D eigenvalue weighted by Gasteiger charge is -2.09. The summed E-state index contributed by atoms with van der Waals surface area (Å²) >= 11 is 0. The molecule has 3 aromatic carbocycles. The van der Waals surface area contributed by atoms with Crippen molar-refractivity contribution in [1.29, 1.82) is 0 Å². The number of imidazole rings is 1. The molecule has 0 spiro atoms. The number of hydrogen-bond donors (Lipinski definition) is 1. The summed E-state index contributed by atoms with van der Waals surface area (Å²) in [6, 6.07) is 25.2. The van der Waals surface area contributed by atoms with E-state index in [-0.39, 0.29) is 12.5 Å². The van der Waals surface area contributed by atoms with Crippen LogP contribution >= 0.6 is 0 Å². The van der Waals surface area contributed by atoms with Gasteiger partial charge in [-0.05, 0) is 48.5 Å². The van der Waals surface area contributed by atoms with Crippen molar-refractivity contribution >= 4 is 22.6 Å². The van der Waals surface area contributed by atoms with Gasteiger partial charge in [0.25, 0.3) is 0 Å². The number of nitrogens with zero attached hydrogens (tertiary/aromatic N) is 2. The van der Waals surface area contributed by atoms with Crippen LogP contribution in [0, 0.1) is 0 Å². The predicted octanol–water partition coefficient (Wildman–Crippen LogP) is 4.27. The predicted molar refractivity (Wildman–Crippen MR) is 118 cm³/mol. The van der Waals surface area contributed by atoms with Crippen LogP contribution in [0.25, 0.3) is 22.4 Å². The lowest BCUT2D eigenvalue weighted by atomic mass is 10.2. The number of anilines is 1. The second kappa shape index (κ2) is 9.24. The molecule has 0 radical (unpaired) electrons. The largest absolute Gasteiger partial charge is 0.491 e. The molecule has 0 bridgehead atoms. The molecule has 6 nitrogen and oxygen atoms in total. The van der Waals surface area contributed by atoms with Crippen LogP contribution in [0.2, 0.25) is 0 Å². The Morgan fingerprint density at radius 3 is 2.43 bits per heavy atom. The molecule has 1 N–H and O–H groups in total. The molecule has 0 unspecified atom stereocenters. The Balaban J connectivity index is 1.27. The van der Waals surface area contributed by atoms with Crippen molar-refractivity contribution in [2.24, 2.45) is 7.05 Å². The van der Waals surface area contributed by atoms with Gasteiger partial charge in [-0.1, -0.05) is 30.3 Å². The highest BCUT2D eigenvalue weighted by atomic mass is 16.5. The van der Waals surface area contributed by atoms with Gasteiger partial charge >= 0.3 is 0 Å². The van der Waals surface area contributed by atoms with E-state index in [9.17, 15) is 4.79 Å². The molecule has 0 saturated heterocycles. The average molecular weight is 401 g/mol. The van der Waals surface area contributed by atoms with Crippen LogP contribution in [0.4, 0.5) is 5.69 Å². The van der Waals surface area contributed by atoms with Crippen molar-refractivity contribution in [2.75, 3.05) is 25.1 Å². The van der Waals surface area contributed by atoms with Gasteiger partial charge in [-0.25, -0.2) is 4.98 Å². The van der Waals surface area contributed by atoms with Crippen LogP contribution in [0.15, 0.2) is 78.9 Å². The van der Waals surface area contributed by atoms with Gasteiger partial charge in [0.2, 0.25) is 5.91 Å². The van der Waals surface area contributed by atoms with Crippen LogP contribution in [-0.2, 0) is 16.6 Å². The minimum Gasteiger partial charge on any atom is -0.491 e. The molecule has 1 amide bonds. The first kappa shape index (κ1) is 19.7. The fourth-order valence-corrected chi connectivity index (χ4v) is 3.20. The van der Waals surface area contributed by atoms with Crippen molar-refractivity contribution in [3.05, 3.63) is 78.9 Å². The van der Waals surface area contributed by atoms with E-state index in [0.29, 0.717) is 18.9 Å². The van der Waals surface area contributed by atoms with Crippen LogP contribution in [0.5, 0.6) is 5.75 Å². The molecule has 0 aliphatic heterocycles. The van der Waals surface area contributed by atoms with Crippen LogP contribution in [-0.4, -0.2) is 35.3 Å². The second-order valence-corrected chi connectivity index (χ2v) is 6.82. The van der Waals surface area contributed by atoms with Gasteiger partial charge in [0, 0.05) is 18.3 Å². The number of benzene rings is 3. The molecule has 0 saturated carbocycles. The molecule has 1 aromatic heterocycles. The van der Waals surface area contributed by atoms with Crippen LogP contribution in [0.3, 0.4) is 0 Å².